The van der Waals surface area contributed by atoms with Crippen LogP contribution in [0, 0.1) is 23.3 Å². The molecule has 4 aromatic rings. The molecule has 0 amide bonds. The molecule has 10 nitrogen and oxygen atoms in total. The van der Waals surface area contributed by atoms with E-state index in [4.69, 9.17) is 0 Å². The van der Waals surface area contributed by atoms with Crippen molar-refractivity contribution in [3.8, 4) is 0 Å². The van der Waals surface area contributed by atoms with Gasteiger partial charge in [-0.05, 0) is 33.3 Å². The zero-order chi connectivity index (χ0) is 43.3. The van der Waals surface area contributed by atoms with Crippen molar-refractivity contribution >= 4 is 47.5 Å². The van der Waals surface area contributed by atoms with E-state index in [-0.39, 0.29) is 21.2 Å². The summed E-state index contributed by atoms with van der Waals surface area (Å²) in [6.45, 7) is 24.0. The number of hydrogen-bond acceptors (Lipinski definition) is 6. The van der Waals surface area contributed by atoms with Gasteiger partial charge in [-0.2, -0.15) is 25.4 Å². The quantitative estimate of drug-likeness (QED) is 0.122. The van der Waals surface area contributed by atoms with Crippen LogP contribution in [0.2, 0.25) is 36.3 Å². The third kappa shape index (κ3) is 8.94. The van der Waals surface area contributed by atoms with Gasteiger partial charge in [0.15, 0.2) is 23.3 Å². The summed E-state index contributed by atoms with van der Waals surface area (Å²) in [5, 5.41) is -0.328. The van der Waals surface area contributed by atoms with E-state index in [2.05, 4.69) is 77.7 Å². The zero-order valence-electron chi connectivity index (χ0n) is 35.4. The van der Waals surface area contributed by atoms with Crippen molar-refractivity contribution in [2.24, 2.45) is 0 Å². The van der Waals surface area contributed by atoms with Crippen LogP contribution in [-0.2, 0) is 20.4 Å². The Bertz CT molecular complexity index is 2120. The van der Waals surface area contributed by atoms with Crippen LogP contribution in [0.1, 0.15) is 89.7 Å². The lowest BCUT2D eigenvalue weighted by Crippen LogP contribution is -2.56. The molecule has 0 fully saturated rings. The van der Waals surface area contributed by atoms with Crippen molar-refractivity contribution in [2.75, 3.05) is 28.2 Å². The maximum atomic E-state index is 14.3. The normalized spacial score (nSPS) is 14.5. The first-order valence-electron chi connectivity index (χ1n) is 18.2. The lowest BCUT2D eigenvalue weighted by molar-refractivity contribution is 0.495. The van der Waals surface area contributed by atoms with Crippen molar-refractivity contribution in [3.63, 3.8) is 0 Å². The fraction of sp³-hybridized carbons (Fsp3) is 0.526. The molecule has 0 bridgehead atoms. The molecular formula is C38H58F4N6O4S2Si2. The van der Waals surface area contributed by atoms with Crippen LogP contribution < -0.4 is 10.9 Å². The summed E-state index contributed by atoms with van der Waals surface area (Å²) < 4.78 is 112. The van der Waals surface area contributed by atoms with Crippen LogP contribution in [0.4, 0.5) is 17.6 Å². The predicted molar refractivity (Wildman–Crippen MR) is 222 cm³/mol. The van der Waals surface area contributed by atoms with Gasteiger partial charge in [0.1, 0.15) is 27.0 Å². The molecule has 0 saturated heterocycles. The topological polar surface area (TPSA) is 110 Å². The second kappa shape index (κ2) is 16.2. The molecule has 2 aromatic carbocycles. The van der Waals surface area contributed by atoms with E-state index in [0.717, 1.165) is 20.7 Å². The fourth-order valence-electron chi connectivity index (χ4n) is 5.41. The molecule has 0 aliphatic carbocycles. The maximum absolute atomic E-state index is 14.3. The summed E-state index contributed by atoms with van der Waals surface area (Å²) in [5.74, 6) is -4.94. The van der Waals surface area contributed by atoms with Gasteiger partial charge < -0.3 is 0 Å². The average molecular weight is 859 g/mol. The first kappa shape index (κ1) is 47.2. The minimum atomic E-state index is -3.81. The standard InChI is InChI=1S/2C19H29F2N3O2SSi/c2*1-13(14-10-9-11-15(20)17(14)21)16-12-24(27(25,26)23(5)6)18(22-16)28(7,8)19(2,3)4/h2*9-13H,1-8H3/t2*13-/m10/s1. The van der Waals surface area contributed by atoms with Gasteiger partial charge in [-0.25, -0.2) is 35.5 Å². The summed E-state index contributed by atoms with van der Waals surface area (Å²) in [6.07, 6.45) is 2.89. The minimum Gasteiger partial charge on any atom is -0.242 e. The van der Waals surface area contributed by atoms with Gasteiger partial charge in [-0.15, -0.1) is 0 Å². The van der Waals surface area contributed by atoms with Gasteiger partial charge in [0, 0.05) is 52.4 Å². The van der Waals surface area contributed by atoms with Crippen LogP contribution in [0.15, 0.2) is 48.8 Å². The third-order valence-electron chi connectivity index (χ3n) is 11.5. The van der Waals surface area contributed by atoms with Crippen LogP contribution >= 0.6 is 0 Å². The summed E-state index contributed by atoms with van der Waals surface area (Å²) in [5.41, 5.74) is 2.08. The molecule has 2 aromatic heterocycles. The maximum Gasteiger partial charge on any atom is 0.308 e. The molecule has 0 unspecified atom stereocenters. The van der Waals surface area contributed by atoms with Gasteiger partial charge in [0.25, 0.3) is 0 Å². The summed E-state index contributed by atoms with van der Waals surface area (Å²) >= 11 is 0. The van der Waals surface area contributed by atoms with E-state index < -0.39 is 71.7 Å². The number of aromatic nitrogens is 4. The first-order valence-corrected chi connectivity index (χ1v) is 27.0. The molecule has 18 heteroatoms. The largest absolute Gasteiger partial charge is 0.308 e. The molecule has 312 valence electrons. The van der Waals surface area contributed by atoms with Crippen molar-refractivity contribution in [1.29, 1.82) is 0 Å². The van der Waals surface area contributed by atoms with Crippen molar-refractivity contribution in [2.45, 2.75) is 103 Å². The Labute approximate surface area is 333 Å². The Morgan fingerprint density at radius 1 is 0.589 bits per heavy atom. The van der Waals surface area contributed by atoms with Crippen LogP contribution in [-0.4, -0.2) is 87.7 Å². The molecule has 0 N–H and O–H groups in total. The van der Waals surface area contributed by atoms with Crippen LogP contribution in [0.25, 0.3) is 0 Å². The smallest absolute Gasteiger partial charge is 0.242 e. The van der Waals surface area contributed by atoms with E-state index in [9.17, 15) is 34.4 Å². The molecule has 4 rings (SSSR count). The molecule has 0 aliphatic heterocycles. The number of halogens is 4. The monoisotopic (exact) mass is 858 g/mol. The highest BCUT2D eigenvalue weighted by Crippen LogP contribution is 2.38. The van der Waals surface area contributed by atoms with Crippen molar-refractivity contribution in [1.82, 2.24) is 26.5 Å². The van der Waals surface area contributed by atoms with Gasteiger partial charge in [-0.1, -0.05) is 106 Å². The van der Waals surface area contributed by atoms with E-state index in [1.165, 1.54) is 72.8 Å². The SMILES string of the molecule is C[C@@H](c1cn(S(=O)(=O)N(C)C)c([Si](C)(C)C(C)(C)C)n1)c1cccc(F)c1F.C[C@H](c1cn(S(=O)(=O)N(C)C)c([Si](C)(C)C(C)(C)C)n1)c1cccc(F)c1F. The van der Waals surface area contributed by atoms with E-state index in [1.54, 1.807) is 13.8 Å². The van der Waals surface area contributed by atoms with Gasteiger partial charge in [-0.3, -0.25) is 0 Å². The summed E-state index contributed by atoms with van der Waals surface area (Å²) in [6, 6.07) is 7.98. The fourth-order valence-corrected chi connectivity index (χ4v) is 12.6. The molecule has 56 heavy (non-hydrogen) atoms. The van der Waals surface area contributed by atoms with Crippen LogP contribution in [0.3, 0.4) is 0 Å². The van der Waals surface area contributed by atoms with Gasteiger partial charge in [0.2, 0.25) is 0 Å². The molecule has 2 heterocycles. The molecular weight excluding hydrogens is 801 g/mol. The molecule has 2 atom stereocenters. The second-order valence-electron chi connectivity index (χ2n) is 17.6. The Balaban J connectivity index is 0.000000300. The average Bonchev–Trinajstić information content (AvgIpc) is 3.74. The molecule has 0 radical (unpaired) electrons. The van der Waals surface area contributed by atoms with E-state index >= 15 is 0 Å². The number of nitrogens with zero attached hydrogens (tertiary/aromatic N) is 6. The highest BCUT2D eigenvalue weighted by molar-refractivity contribution is 7.88. The predicted octanol–water partition coefficient (Wildman–Crippen LogP) is 7.37. The highest BCUT2D eigenvalue weighted by Gasteiger charge is 2.45. The van der Waals surface area contributed by atoms with Crippen LogP contribution in [0.5, 0.6) is 0 Å². The lowest BCUT2D eigenvalue weighted by atomic mass is 9.98. The zero-order valence-corrected chi connectivity index (χ0v) is 39.1. The first-order chi connectivity index (χ1) is 25.2. The van der Waals surface area contributed by atoms with Gasteiger partial charge in [0.05, 0.1) is 11.4 Å². The Hall–Kier alpha value is -3.17. The number of rotatable bonds is 10. The van der Waals surface area contributed by atoms with E-state index in [1.807, 2.05) is 0 Å². The Kier molecular flexibility index (Phi) is 13.7. The highest BCUT2D eigenvalue weighted by atomic mass is 32.2. The minimum absolute atomic E-state index is 0.147. The number of benzene rings is 2. The van der Waals surface area contributed by atoms with Crippen molar-refractivity contribution < 1.29 is 34.4 Å². The number of hydrogen-bond donors (Lipinski definition) is 0. The Morgan fingerprint density at radius 2 is 0.875 bits per heavy atom. The van der Waals surface area contributed by atoms with Crippen molar-refractivity contribution in [3.05, 3.63) is 94.6 Å². The molecule has 0 saturated carbocycles. The summed E-state index contributed by atoms with van der Waals surface area (Å²) in [7, 11) is -6.49. The second-order valence-corrected chi connectivity index (χ2v) is 32.1. The van der Waals surface area contributed by atoms with Gasteiger partial charge >= 0.3 is 20.4 Å². The molecule has 0 spiro atoms. The lowest BCUT2D eigenvalue weighted by Gasteiger charge is -2.36. The molecule has 0 aliphatic rings. The number of imidazole rings is 2. The third-order valence-corrected chi connectivity index (χ3v) is 25.6. The summed E-state index contributed by atoms with van der Waals surface area (Å²) in [4.78, 5) is 9.35. The van der Waals surface area contributed by atoms with E-state index in [0.29, 0.717) is 22.3 Å². The Morgan fingerprint density at radius 3 is 1.12 bits per heavy atom.